The number of hydrogen-bond donors (Lipinski definition) is 1. The Hall–Kier alpha value is -1.51. The first-order valence-electron chi connectivity index (χ1n) is 11.5. The van der Waals surface area contributed by atoms with Crippen LogP contribution in [0.3, 0.4) is 0 Å². The Labute approximate surface area is 169 Å². The van der Waals surface area contributed by atoms with Crippen molar-refractivity contribution in [3.8, 4) is 5.75 Å². The van der Waals surface area contributed by atoms with Crippen molar-refractivity contribution in [1.29, 1.82) is 0 Å². The fraction of sp³-hybridized carbons (Fsp3) is 0.720. The lowest BCUT2D eigenvalue weighted by Crippen LogP contribution is -2.45. The van der Waals surface area contributed by atoms with E-state index < -0.39 is 0 Å². The molecule has 0 unspecified atom stereocenters. The van der Waals surface area contributed by atoms with Gasteiger partial charge in [-0.25, -0.2) is 0 Å². The van der Waals surface area contributed by atoms with E-state index >= 15 is 0 Å². The van der Waals surface area contributed by atoms with E-state index in [1.807, 2.05) is 12.1 Å². The van der Waals surface area contributed by atoms with Gasteiger partial charge in [0.25, 0.3) is 0 Å². The molecule has 2 fully saturated rings. The second-order valence-corrected chi connectivity index (χ2v) is 9.71. The van der Waals surface area contributed by atoms with E-state index in [9.17, 15) is 9.90 Å². The third-order valence-electron chi connectivity index (χ3n) is 8.13. The van der Waals surface area contributed by atoms with Crippen molar-refractivity contribution in [1.82, 2.24) is 0 Å². The first-order valence-corrected chi connectivity index (χ1v) is 11.5. The van der Waals surface area contributed by atoms with Crippen LogP contribution in [0.4, 0.5) is 0 Å². The molecule has 1 aromatic rings. The minimum atomic E-state index is 0.0227. The predicted octanol–water partition coefficient (Wildman–Crippen LogP) is 6.13. The van der Waals surface area contributed by atoms with Crippen LogP contribution in [-0.4, -0.2) is 17.2 Å². The molecule has 3 aliphatic carbocycles. The standard InChI is InChI=1S/C25H36O3/c1-3-4-5-6-7-24(27)28-23-13-12-22-21-10-8-17-16-18(26)9-11-19(17)20(21)14-15-25(22,23)2/h9,11,16,20-23,26H,3-8,10,12-15H2,1-2H3/t20-,21-,22+,23-,25+/m0/s1. The van der Waals surface area contributed by atoms with Gasteiger partial charge in [-0.1, -0.05) is 39.2 Å². The van der Waals surface area contributed by atoms with E-state index in [1.165, 1.54) is 43.2 Å². The topological polar surface area (TPSA) is 46.5 Å². The molecule has 0 heterocycles. The van der Waals surface area contributed by atoms with Gasteiger partial charge in [0.2, 0.25) is 0 Å². The number of ether oxygens (including phenoxy) is 1. The zero-order chi connectivity index (χ0) is 19.7. The molecule has 0 amide bonds. The molecule has 154 valence electrons. The van der Waals surface area contributed by atoms with Gasteiger partial charge in [0.1, 0.15) is 11.9 Å². The van der Waals surface area contributed by atoms with Crippen LogP contribution in [0.15, 0.2) is 18.2 Å². The molecule has 0 aromatic heterocycles. The summed E-state index contributed by atoms with van der Waals surface area (Å²) in [5.41, 5.74) is 2.96. The van der Waals surface area contributed by atoms with E-state index in [1.54, 1.807) is 0 Å². The largest absolute Gasteiger partial charge is 0.508 e. The third-order valence-corrected chi connectivity index (χ3v) is 8.13. The van der Waals surface area contributed by atoms with Crippen LogP contribution < -0.4 is 0 Å². The molecule has 0 spiro atoms. The van der Waals surface area contributed by atoms with Crippen molar-refractivity contribution in [2.75, 3.05) is 0 Å². The van der Waals surface area contributed by atoms with Gasteiger partial charge in [0.05, 0.1) is 0 Å². The maximum Gasteiger partial charge on any atom is 0.306 e. The van der Waals surface area contributed by atoms with Gasteiger partial charge in [-0.2, -0.15) is 0 Å². The first kappa shape index (κ1) is 19.8. The quantitative estimate of drug-likeness (QED) is 0.474. The summed E-state index contributed by atoms with van der Waals surface area (Å²) in [6, 6.07) is 5.98. The Morgan fingerprint density at radius 3 is 2.86 bits per heavy atom. The summed E-state index contributed by atoms with van der Waals surface area (Å²) in [7, 11) is 0. The van der Waals surface area contributed by atoms with Crippen LogP contribution >= 0.6 is 0 Å². The number of fused-ring (bicyclic) bond motifs is 5. The smallest absolute Gasteiger partial charge is 0.306 e. The zero-order valence-electron chi connectivity index (χ0n) is 17.6. The number of hydrogen-bond acceptors (Lipinski definition) is 3. The van der Waals surface area contributed by atoms with E-state index in [-0.39, 0.29) is 17.5 Å². The molecule has 3 nitrogen and oxygen atoms in total. The highest BCUT2D eigenvalue weighted by atomic mass is 16.5. The third kappa shape index (κ3) is 3.57. The molecule has 0 radical (unpaired) electrons. The number of aryl methyl sites for hydroxylation is 1. The summed E-state index contributed by atoms with van der Waals surface area (Å²) in [5.74, 6) is 2.39. The van der Waals surface area contributed by atoms with Crippen molar-refractivity contribution < 1.29 is 14.6 Å². The Morgan fingerprint density at radius 2 is 2.04 bits per heavy atom. The van der Waals surface area contributed by atoms with Gasteiger partial charge in [-0.3, -0.25) is 4.79 Å². The van der Waals surface area contributed by atoms with Crippen molar-refractivity contribution in [2.45, 2.75) is 96.5 Å². The molecule has 1 aromatic carbocycles. The lowest BCUT2D eigenvalue weighted by molar-refractivity contribution is -0.157. The lowest BCUT2D eigenvalue weighted by Gasteiger charge is -2.50. The van der Waals surface area contributed by atoms with Gasteiger partial charge in [0, 0.05) is 11.8 Å². The maximum absolute atomic E-state index is 12.4. The number of esters is 1. The monoisotopic (exact) mass is 384 g/mol. The van der Waals surface area contributed by atoms with Crippen LogP contribution in [0.25, 0.3) is 0 Å². The molecule has 0 saturated heterocycles. The summed E-state index contributed by atoms with van der Waals surface area (Å²) in [6.45, 7) is 4.59. The fourth-order valence-corrected chi connectivity index (χ4v) is 6.63. The number of phenols is 1. The summed E-state index contributed by atoms with van der Waals surface area (Å²) < 4.78 is 6.06. The second kappa shape index (κ2) is 8.08. The number of carbonyl (C=O) groups is 1. The molecule has 0 bridgehead atoms. The SMILES string of the molecule is CCCCCCC(=O)O[C@H]1CC[C@@H]2[C@H]3CCc4cc(O)ccc4[C@@H]3CC[C@@]12C. The van der Waals surface area contributed by atoms with Gasteiger partial charge < -0.3 is 9.84 Å². The van der Waals surface area contributed by atoms with Gasteiger partial charge >= 0.3 is 5.97 Å². The Bertz CT molecular complexity index is 712. The van der Waals surface area contributed by atoms with Gasteiger partial charge in [0.15, 0.2) is 0 Å². The van der Waals surface area contributed by atoms with Crippen molar-refractivity contribution >= 4 is 5.97 Å². The highest BCUT2D eigenvalue weighted by Gasteiger charge is 2.56. The number of rotatable bonds is 6. The second-order valence-electron chi connectivity index (χ2n) is 9.71. The van der Waals surface area contributed by atoms with Crippen LogP contribution in [0.2, 0.25) is 0 Å². The van der Waals surface area contributed by atoms with E-state index in [0.29, 0.717) is 29.9 Å². The lowest BCUT2D eigenvalue weighted by atomic mass is 9.55. The van der Waals surface area contributed by atoms with E-state index in [4.69, 9.17) is 4.74 Å². The summed E-state index contributed by atoms with van der Waals surface area (Å²) in [5, 5.41) is 9.84. The molecule has 1 N–H and O–H groups in total. The van der Waals surface area contributed by atoms with E-state index in [0.717, 1.165) is 32.1 Å². The number of aromatic hydroxyl groups is 1. The summed E-state index contributed by atoms with van der Waals surface area (Å²) in [4.78, 5) is 12.4. The van der Waals surface area contributed by atoms with Crippen LogP contribution in [0.5, 0.6) is 5.75 Å². The maximum atomic E-state index is 12.4. The first-order chi connectivity index (χ1) is 13.5. The van der Waals surface area contributed by atoms with Crippen LogP contribution in [0.1, 0.15) is 95.1 Å². The molecular weight excluding hydrogens is 348 g/mol. The highest BCUT2D eigenvalue weighted by molar-refractivity contribution is 5.69. The minimum absolute atomic E-state index is 0.0227. The van der Waals surface area contributed by atoms with Gasteiger partial charge in [-0.05, 0) is 86.0 Å². The number of carbonyl (C=O) groups excluding carboxylic acids is 1. The summed E-state index contributed by atoms with van der Waals surface area (Å²) in [6.07, 6.45) is 12.0. The highest BCUT2D eigenvalue weighted by Crippen LogP contribution is 2.61. The predicted molar refractivity (Wildman–Crippen MR) is 111 cm³/mol. The van der Waals surface area contributed by atoms with E-state index in [2.05, 4.69) is 19.9 Å². The van der Waals surface area contributed by atoms with Gasteiger partial charge in [-0.15, -0.1) is 0 Å². The number of phenolic OH excluding ortho intramolecular Hbond substituents is 1. The van der Waals surface area contributed by atoms with Crippen molar-refractivity contribution in [3.63, 3.8) is 0 Å². The van der Waals surface area contributed by atoms with Crippen LogP contribution in [-0.2, 0) is 16.0 Å². The Balaban J connectivity index is 1.42. The zero-order valence-corrected chi connectivity index (χ0v) is 17.6. The Kier molecular flexibility index (Phi) is 5.71. The summed E-state index contributed by atoms with van der Waals surface area (Å²) >= 11 is 0. The van der Waals surface area contributed by atoms with Crippen molar-refractivity contribution in [2.24, 2.45) is 17.3 Å². The average molecular weight is 385 g/mol. The molecule has 28 heavy (non-hydrogen) atoms. The molecular formula is C25H36O3. The fourth-order valence-electron chi connectivity index (χ4n) is 6.63. The molecule has 3 heteroatoms. The molecule has 4 rings (SSSR count). The number of unbranched alkanes of at least 4 members (excludes halogenated alkanes) is 3. The van der Waals surface area contributed by atoms with Crippen LogP contribution in [0, 0.1) is 17.3 Å². The number of benzene rings is 1. The molecule has 5 atom stereocenters. The normalized spacial score (nSPS) is 33.6. The Morgan fingerprint density at radius 1 is 1.18 bits per heavy atom. The minimum Gasteiger partial charge on any atom is -0.508 e. The molecule has 0 aliphatic heterocycles. The average Bonchev–Trinajstić information content (AvgIpc) is 3.01. The molecule has 2 saturated carbocycles. The van der Waals surface area contributed by atoms with Crippen molar-refractivity contribution in [3.05, 3.63) is 29.3 Å². The molecule has 3 aliphatic rings.